The molecule has 0 saturated heterocycles. The number of aliphatic carboxylic acids is 1. The predicted octanol–water partition coefficient (Wildman–Crippen LogP) is 4.14. The molecule has 1 fully saturated rings. The third-order valence-electron chi connectivity index (χ3n) is 7.09. The van der Waals surface area contributed by atoms with Gasteiger partial charge >= 0.3 is 18.0 Å². The number of sulfonamides is 1. The van der Waals surface area contributed by atoms with Gasteiger partial charge < -0.3 is 14.9 Å². The molecule has 226 valence electrons. The number of thiazole rings is 1. The summed E-state index contributed by atoms with van der Waals surface area (Å²) in [5.74, 6) is -3.42. The molecule has 1 amide bonds. The topological polar surface area (TPSA) is 167 Å². The van der Waals surface area contributed by atoms with Crippen molar-refractivity contribution in [2.45, 2.75) is 44.7 Å². The normalized spacial score (nSPS) is 21.3. The van der Waals surface area contributed by atoms with E-state index in [4.69, 9.17) is 16.3 Å². The Morgan fingerprint density at radius 2 is 1.90 bits per heavy atom. The van der Waals surface area contributed by atoms with Gasteiger partial charge in [-0.2, -0.15) is 4.31 Å². The van der Waals surface area contributed by atoms with E-state index in [0.29, 0.717) is 0 Å². The van der Waals surface area contributed by atoms with Crippen molar-refractivity contribution in [1.29, 1.82) is 0 Å². The molecule has 0 bridgehead atoms. The van der Waals surface area contributed by atoms with E-state index in [0.717, 1.165) is 38.9 Å². The van der Waals surface area contributed by atoms with E-state index in [1.54, 1.807) is 12.3 Å². The number of carbonyl (C=O) groups is 3. The average Bonchev–Trinajstić information content (AvgIpc) is 3.45. The van der Waals surface area contributed by atoms with Gasteiger partial charge in [0, 0.05) is 28.6 Å². The van der Waals surface area contributed by atoms with Gasteiger partial charge in [-0.05, 0) is 50.3 Å². The Morgan fingerprint density at radius 3 is 2.43 bits per heavy atom. The van der Waals surface area contributed by atoms with Crippen molar-refractivity contribution in [3.63, 3.8) is 0 Å². The maximum atomic E-state index is 14.0. The number of hydrogen-bond donors (Lipinski definition) is 2. The number of esters is 1. The van der Waals surface area contributed by atoms with Gasteiger partial charge in [0.05, 0.1) is 24.1 Å². The Hall–Kier alpha value is -3.40. The third kappa shape index (κ3) is 6.64. The molecule has 0 radical (unpaired) electrons. The summed E-state index contributed by atoms with van der Waals surface area (Å²) in [5.41, 5.74) is -0.197. The second-order valence-corrected chi connectivity index (χ2v) is 13.0. The smallest absolute Gasteiger partial charge is 0.413 e. The first-order valence-electron chi connectivity index (χ1n) is 12.9. The molecule has 16 heteroatoms. The number of carboxylic acid groups (broad SMARTS) is 2. The number of amidine groups is 1. The summed E-state index contributed by atoms with van der Waals surface area (Å²) in [6.45, 7) is 1.27. The number of rotatable bonds is 9. The van der Waals surface area contributed by atoms with Crippen LogP contribution >= 0.6 is 22.9 Å². The molecule has 12 nitrogen and oxygen atoms in total. The second kappa shape index (κ2) is 12.9. The number of carbonyl (C=O) groups excluding carboxylic acids is 1. The van der Waals surface area contributed by atoms with E-state index < -0.39 is 58.4 Å². The maximum absolute atomic E-state index is 14.0. The molecule has 2 aromatic rings. The minimum atomic E-state index is -3.78. The zero-order chi connectivity index (χ0) is 30.8. The van der Waals surface area contributed by atoms with E-state index in [1.807, 2.05) is 0 Å². The van der Waals surface area contributed by atoms with E-state index in [2.05, 4.69) is 9.98 Å². The zero-order valence-corrected chi connectivity index (χ0v) is 25.0. The van der Waals surface area contributed by atoms with Gasteiger partial charge in [-0.15, -0.1) is 11.3 Å². The minimum absolute atomic E-state index is 0.0469. The highest BCUT2D eigenvalue weighted by molar-refractivity contribution is 7.88. The number of allylic oxidation sites excluding steroid dienone is 1. The molecule has 42 heavy (non-hydrogen) atoms. The van der Waals surface area contributed by atoms with Crippen molar-refractivity contribution in [2.24, 2.45) is 10.9 Å². The molecule has 2 aliphatic rings. The standard InChI is InChI=1S/C26H28ClFN4O8S2/c1-3-40-19(33)13-31(42(2,38)39)16-7-4-14(5-8-16)21-20(25(34)35)22(17-9-6-15(28)12-18(17)27)32(26(36)37)23(30-21)24-29-10-11-41-24/h6,9-12,14,16,22H,3-5,7-8,13H2,1-2H3,(H,34,35)(H,36,37). The largest absolute Gasteiger partial charge is 0.478 e. The minimum Gasteiger partial charge on any atom is -0.478 e. The molecule has 1 atom stereocenters. The van der Waals surface area contributed by atoms with E-state index in [-0.39, 0.29) is 65.0 Å². The Bertz CT molecular complexity index is 1540. The summed E-state index contributed by atoms with van der Waals surface area (Å²) in [7, 11) is -3.78. The van der Waals surface area contributed by atoms with Gasteiger partial charge in [-0.1, -0.05) is 17.7 Å². The van der Waals surface area contributed by atoms with Crippen LogP contribution in [0.15, 0.2) is 46.0 Å². The van der Waals surface area contributed by atoms with Crippen LogP contribution in [0.4, 0.5) is 9.18 Å². The highest BCUT2D eigenvalue weighted by atomic mass is 35.5. The fraction of sp³-hybridized carbons (Fsp3) is 0.423. The fourth-order valence-electron chi connectivity index (χ4n) is 5.35. The number of amides is 1. The molecule has 1 aromatic heterocycles. The predicted molar refractivity (Wildman–Crippen MR) is 151 cm³/mol. The van der Waals surface area contributed by atoms with Crippen LogP contribution in [0.3, 0.4) is 0 Å². The SMILES string of the molecule is CCOC(=O)CN(C1CCC(C2=C(C(=O)O)C(c3ccc(F)cc3Cl)N(C(=O)O)C(c3nccs3)=N2)CC1)S(C)(=O)=O. The zero-order valence-electron chi connectivity index (χ0n) is 22.6. The lowest BCUT2D eigenvalue weighted by atomic mass is 9.80. The highest BCUT2D eigenvalue weighted by Gasteiger charge is 2.45. The summed E-state index contributed by atoms with van der Waals surface area (Å²) in [4.78, 5) is 47.0. The molecule has 2 heterocycles. The first-order chi connectivity index (χ1) is 19.8. The summed E-state index contributed by atoms with van der Waals surface area (Å²) in [6, 6.07) is 1.25. The van der Waals surface area contributed by atoms with Gasteiger partial charge in [0.25, 0.3) is 0 Å². The lowest BCUT2D eigenvalue weighted by Crippen LogP contribution is -2.46. The number of halogens is 2. The molecular weight excluding hydrogens is 615 g/mol. The molecule has 1 aliphatic carbocycles. The quantitative estimate of drug-likeness (QED) is 0.382. The van der Waals surface area contributed by atoms with Crippen LogP contribution in [0.2, 0.25) is 5.02 Å². The molecule has 0 spiro atoms. The number of aliphatic imine (C=N–C) groups is 1. The Labute approximate surface area is 250 Å². The third-order valence-corrected chi connectivity index (χ3v) is 9.46. The number of hydrogen-bond acceptors (Lipinski definition) is 9. The summed E-state index contributed by atoms with van der Waals surface area (Å²) in [5, 5.41) is 22.3. The van der Waals surface area contributed by atoms with Gasteiger partial charge in [0.15, 0.2) is 10.8 Å². The average molecular weight is 643 g/mol. The van der Waals surface area contributed by atoms with Crippen LogP contribution < -0.4 is 0 Å². The van der Waals surface area contributed by atoms with Crippen molar-refractivity contribution in [1.82, 2.24) is 14.2 Å². The Balaban J connectivity index is 1.79. The van der Waals surface area contributed by atoms with E-state index >= 15 is 0 Å². The number of nitrogens with zero attached hydrogens (tertiary/aromatic N) is 4. The van der Waals surface area contributed by atoms with E-state index in [9.17, 15) is 37.4 Å². The van der Waals surface area contributed by atoms with Crippen LogP contribution in [0.5, 0.6) is 0 Å². The molecule has 1 unspecified atom stereocenters. The monoisotopic (exact) mass is 642 g/mol. The van der Waals surface area contributed by atoms with Crippen LogP contribution in [-0.4, -0.2) is 82.1 Å². The summed E-state index contributed by atoms with van der Waals surface area (Å²) in [6.07, 6.45) is 2.08. The van der Waals surface area contributed by atoms with Crippen molar-refractivity contribution < 1.29 is 42.1 Å². The first kappa shape index (κ1) is 31.5. The van der Waals surface area contributed by atoms with Crippen LogP contribution in [0.1, 0.15) is 49.2 Å². The van der Waals surface area contributed by atoms with Gasteiger partial charge in [-0.3, -0.25) is 4.79 Å². The molecule has 4 rings (SSSR count). The molecular formula is C26H28ClFN4O8S2. The van der Waals surface area contributed by atoms with Crippen molar-refractivity contribution in [3.8, 4) is 0 Å². The molecule has 2 N–H and O–H groups in total. The van der Waals surface area contributed by atoms with Gasteiger partial charge in [0.2, 0.25) is 10.0 Å². The number of ether oxygens (including phenoxy) is 1. The first-order valence-corrected chi connectivity index (χ1v) is 16.0. The molecule has 1 saturated carbocycles. The van der Waals surface area contributed by atoms with Gasteiger partial charge in [0.1, 0.15) is 18.4 Å². The Morgan fingerprint density at radius 1 is 1.21 bits per heavy atom. The van der Waals surface area contributed by atoms with Crippen molar-refractivity contribution in [2.75, 3.05) is 19.4 Å². The van der Waals surface area contributed by atoms with Crippen molar-refractivity contribution in [3.05, 3.63) is 62.5 Å². The van der Waals surface area contributed by atoms with Crippen molar-refractivity contribution >= 4 is 56.8 Å². The van der Waals surface area contributed by atoms with E-state index in [1.165, 1.54) is 12.3 Å². The van der Waals surface area contributed by atoms with Gasteiger partial charge in [-0.25, -0.2) is 37.3 Å². The lowest BCUT2D eigenvalue weighted by molar-refractivity contribution is -0.143. The number of carboxylic acids is 1. The van der Waals surface area contributed by atoms with Crippen LogP contribution in [0.25, 0.3) is 0 Å². The fourth-order valence-corrected chi connectivity index (χ4v) is 7.33. The maximum Gasteiger partial charge on any atom is 0.413 e. The second-order valence-electron chi connectivity index (χ2n) is 9.72. The Kier molecular flexibility index (Phi) is 9.65. The highest BCUT2D eigenvalue weighted by Crippen LogP contribution is 2.45. The number of aromatic nitrogens is 1. The summed E-state index contributed by atoms with van der Waals surface area (Å²) >= 11 is 7.44. The molecule has 1 aromatic carbocycles. The molecule has 1 aliphatic heterocycles. The van der Waals surface area contributed by atoms with Crippen LogP contribution in [0, 0.1) is 11.7 Å². The summed E-state index contributed by atoms with van der Waals surface area (Å²) < 4.78 is 45.0. The van der Waals surface area contributed by atoms with Crippen LogP contribution in [-0.2, 0) is 24.3 Å². The number of benzene rings is 1. The lowest BCUT2D eigenvalue weighted by Gasteiger charge is -2.39.